The van der Waals surface area contributed by atoms with Crippen LogP contribution in [0.25, 0.3) is 0 Å². The Morgan fingerprint density at radius 3 is 2.62 bits per heavy atom. The minimum absolute atomic E-state index is 0.0613. The van der Waals surface area contributed by atoms with Crippen LogP contribution in [-0.2, 0) is 0 Å². The smallest absolute Gasteiger partial charge is 0.123 e. The van der Waals surface area contributed by atoms with Gasteiger partial charge in [-0.25, -0.2) is 4.39 Å². The Morgan fingerprint density at radius 2 is 2.00 bits per heavy atom. The average Bonchev–Trinajstić information content (AvgIpc) is 2.81. The molecule has 16 heavy (non-hydrogen) atoms. The highest BCUT2D eigenvalue weighted by atomic mass is 32.2. The molecule has 0 saturated carbocycles. The molecule has 0 saturated heterocycles. The molecule has 2 N–H and O–H groups in total. The van der Waals surface area contributed by atoms with E-state index < -0.39 is 0 Å². The van der Waals surface area contributed by atoms with Gasteiger partial charge in [0.05, 0.1) is 12.5 Å². The predicted octanol–water partition coefficient (Wildman–Crippen LogP) is 3.21. The van der Waals surface area contributed by atoms with Crippen molar-refractivity contribution < 1.29 is 8.81 Å². The fourth-order valence-electron chi connectivity index (χ4n) is 1.30. The Bertz CT molecular complexity index is 427. The predicted molar refractivity (Wildman–Crippen MR) is 62.8 cm³/mol. The fourth-order valence-corrected chi connectivity index (χ4v) is 2.19. The number of benzene rings is 1. The molecule has 1 unspecified atom stereocenters. The topological polar surface area (TPSA) is 39.2 Å². The molecule has 0 fully saturated rings. The Balaban J connectivity index is 1.90. The van der Waals surface area contributed by atoms with Crippen molar-refractivity contribution in [2.45, 2.75) is 10.9 Å². The van der Waals surface area contributed by atoms with Crippen LogP contribution in [0.4, 0.5) is 4.39 Å². The van der Waals surface area contributed by atoms with Gasteiger partial charge in [-0.15, -0.1) is 11.8 Å². The van der Waals surface area contributed by atoms with E-state index in [1.807, 2.05) is 6.07 Å². The summed E-state index contributed by atoms with van der Waals surface area (Å²) in [5.74, 6) is 0.522. The van der Waals surface area contributed by atoms with E-state index in [1.54, 1.807) is 36.4 Å². The summed E-state index contributed by atoms with van der Waals surface area (Å²) in [6.45, 7) is 0. The van der Waals surface area contributed by atoms with E-state index in [1.165, 1.54) is 12.1 Å². The standard InChI is InChI=1S/C12H12FNOS/c13-10-1-3-11(4-2-10)16-8-12(14)9-5-6-15-7-9/h1-7,12H,8,14H2. The monoisotopic (exact) mass is 237 g/mol. The van der Waals surface area contributed by atoms with Gasteiger partial charge in [0.15, 0.2) is 0 Å². The lowest BCUT2D eigenvalue weighted by atomic mass is 10.2. The van der Waals surface area contributed by atoms with Gasteiger partial charge in [-0.2, -0.15) is 0 Å². The maximum Gasteiger partial charge on any atom is 0.123 e. The first-order chi connectivity index (χ1) is 7.75. The summed E-state index contributed by atoms with van der Waals surface area (Å²) in [7, 11) is 0. The van der Waals surface area contributed by atoms with Gasteiger partial charge in [-0.3, -0.25) is 0 Å². The normalized spacial score (nSPS) is 12.6. The molecule has 0 amide bonds. The molecule has 4 heteroatoms. The summed E-state index contributed by atoms with van der Waals surface area (Å²) < 4.78 is 17.6. The van der Waals surface area contributed by atoms with Crippen molar-refractivity contribution in [2.75, 3.05) is 5.75 Å². The molecule has 2 aromatic rings. The van der Waals surface area contributed by atoms with Crippen LogP contribution in [0.3, 0.4) is 0 Å². The van der Waals surface area contributed by atoms with Crippen LogP contribution in [0.2, 0.25) is 0 Å². The van der Waals surface area contributed by atoms with Crippen LogP contribution in [-0.4, -0.2) is 5.75 Å². The van der Waals surface area contributed by atoms with Crippen LogP contribution in [0.5, 0.6) is 0 Å². The third-order valence-corrected chi connectivity index (χ3v) is 3.35. The summed E-state index contributed by atoms with van der Waals surface area (Å²) in [5, 5.41) is 0. The third-order valence-electron chi connectivity index (χ3n) is 2.21. The molecule has 84 valence electrons. The molecular formula is C12H12FNOS. The molecule has 1 heterocycles. The summed E-state index contributed by atoms with van der Waals surface area (Å²) >= 11 is 1.60. The maximum atomic E-state index is 12.7. The zero-order valence-corrected chi connectivity index (χ0v) is 9.41. The van der Waals surface area contributed by atoms with Crippen LogP contribution in [0.1, 0.15) is 11.6 Å². The van der Waals surface area contributed by atoms with E-state index in [2.05, 4.69) is 0 Å². The second kappa shape index (κ2) is 5.18. The second-order valence-electron chi connectivity index (χ2n) is 3.43. The zero-order chi connectivity index (χ0) is 11.4. The van der Waals surface area contributed by atoms with Crippen molar-refractivity contribution in [2.24, 2.45) is 5.73 Å². The van der Waals surface area contributed by atoms with Gasteiger partial charge in [-0.1, -0.05) is 0 Å². The first-order valence-electron chi connectivity index (χ1n) is 4.92. The van der Waals surface area contributed by atoms with Gasteiger partial charge in [0, 0.05) is 22.3 Å². The van der Waals surface area contributed by atoms with Crippen LogP contribution in [0, 0.1) is 5.82 Å². The Kier molecular flexibility index (Phi) is 3.64. The molecule has 0 radical (unpaired) electrons. The second-order valence-corrected chi connectivity index (χ2v) is 4.52. The SMILES string of the molecule is NC(CSc1ccc(F)cc1)c1ccoc1. The fraction of sp³-hybridized carbons (Fsp3) is 0.167. The quantitative estimate of drug-likeness (QED) is 0.830. The van der Waals surface area contributed by atoms with E-state index in [0.717, 1.165) is 16.2 Å². The molecule has 0 spiro atoms. The van der Waals surface area contributed by atoms with Crippen molar-refractivity contribution in [3.8, 4) is 0 Å². The van der Waals surface area contributed by atoms with Crippen molar-refractivity contribution in [1.29, 1.82) is 0 Å². The molecular weight excluding hydrogens is 225 g/mol. The summed E-state index contributed by atoms with van der Waals surface area (Å²) in [6.07, 6.45) is 3.26. The van der Waals surface area contributed by atoms with E-state index in [4.69, 9.17) is 10.2 Å². The van der Waals surface area contributed by atoms with Gasteiger partial charge in [0.1, 0.15) is 5.82 Å². The summed E-state index contributed by atoms with van der Waals surface area (Å²) in [4.78, 5) is 1.01. The number of hydrogen-bond acceptors (Lipinski definition) is 3. The highest BCUT2D eigenvalue weighted by molar-refractivity contribution is 7.99. The highest BCUT2D eigenvalue weighted by Gasteiger charge is 2.07. The van der Waals surface area contributed by atoms with Gasteiger partial charge < -0.3 is 10.2 Å². The summed E-state index contributed by atoms with van der Waals surface area (Å²) in [5.41, 5.74) is 6.94. The molecule has 0 bridgehead atoms. The number of nitrogens with two attached hydrogens (primary N) is 1. The first-order valence-corrected chi connectivity index (χ1v) is 5.90. The molecule has 2 nitrogen and oxygen atoms in total. The van der Waals surface area contributed by atoms with Crippen molar-refractivity contribution in [3.63, 3.8) is 0 Å². The third kappa shape index (κ3) is 2.87. The van der Waals surface area contributed by atoms with Crippen molar-refractivity contribution in [1.82, 2.24) is 0 Å². The molecule has 1 aromatic carbocycles. The minimum Gasteiger partial charge on any atom is -0.472 e. The van der Waals surface area contributed by atoms with Crippen LogP contribution in [0.15, 0.2) is 52.2 Å². The van der Waals surface area contributed by atoms with Gasteiger partial charge in [0.2, 0.25) is 0 Å². The van der Waals surface area contributed by atoms with Gasteiger partial charge in [-0.05, 0) is 30.3 Å². The molecule has 0 aliphatic rings. The zero-order valence-electron chi connectivity index (χ0n) is 8.60. The number of rotatable bonds is 4. The average molecular weight is 237 g/mol. The Morgan fingerprint density at radius 1 is 1.25 bits per heavy atom. The lowest BCUT2D eigenvalue weighted by Gasteiger charge is -2.08. The van der Waals surface area contributed by atoms with Gasteiger partial charge in [0.25, 0.3) is 0 Å². The molecule has 1 atom stereocenters. The van der Waals surface area contributed by atoms with Gasteiger partial charge >= 0.3 is 0 Å². The first kappa shape index (κ1) is 11.2. The van der Waals surface area contributed by atoms with E-state index >= 15 is 0 Å². The molecule has 0 aliphatic heterocycles. The number of hydrogen-bond donors (Lipinski definition) is 1. The van der Waals surface area contributed by atoms with E-state index in [-0.39, 0.29) is 11.9 Å². The van der Waals surface area contributed by atoms with Crippen LogP contribution < -0.4 is 5.73 Å². The Labute approximate surface area is 97.6 Å². The van der Waals surface area contributed by atoms with Crippen molar-refractivity contribution in [3.05, 3.63) is 54.2 Å². The summed E-state index contributed by atoms with van der Waals surface area (Å²) in [6, 6.07) is 8.20. The van der Waals surface area contributed by atoms with E-state index in [9.17, 15) is 4.39 Å². The minimum atomic E-state index is -0.219. The molecule has 1 aromatic heterocycles. The molecule has 2 rings (SSSR count). The highest BCUT2D eigenvalue weighted by Crippen LogP contribution is 2.23. The van der Waals surface area contributed by atoms with Crippen molar-refractivity contribution >= 4 is 11.8 Å². The van der Waals surface area contributed by atoms with Crippen LogP contribution >= 0.6 is 11.8 Å². The number of thioether (sulfide) groups is 1. The number of halogens is 1. The largest absolute Gasteiger partial charge is 0.472 e. The lowest BCUT2D eigenvalue weighted by Crippen LogP contribution is -2.11. The maximum absolute atomic E-state index is 12.7. The molecule has 0 aliphatic carbocycles. The lowest BCUT2D eigenvalue weighted by molar-refractivity contribution is 0.561. The number of furan rings is 1. The van der Waals surface area contributed by atoms with E-state index in [0.29, 0.717) is 0 Å². The Hall–Kier alpha value is -1.26.